The van der Waals surface area contributed by atoms with Crippen LogP contribution in [0.25, 0.3) is 0 Å². The molecule has 0 radical (unpaired) electrons. The molecule has 0 bridgehead atoms. The summed E-state index contributed by atoms with van der Waals surface area (Å²) in [5, 5.41) is 14.6. The van der Waals surface area contributed by atoms with Gasteiger partial charge >= 0.3 is 5.97 Å². The molecule has 1 aliphatic heterocycles. The van der Waals surface area contributed by atoms with E-state index in [4.69, 9.17) is 5.11 Å². The molecule has 2 rings (SSSR count). The number of nitrogens with zero attached hydrogens (tertiary/aromatic N) is 4. The Labute approximate surface area is 107 Å². The molecule has 1 aromatic rings. The van der Waals surface area contributed by atoms with Gasteiger partial charge < -0.3 is 10.0 Å². The van der Waals surface area contributed by atoms with Crippen molar-refractivity contribution in [3.63, 3.8) is 0 Å². The number of hydrazone groups is 1. The van der Waals surface area contributed by atoms with Gasteiger partial charge in [-0.2, -0.15) is 5.10 Å². The number of aromatic nitrogens is 1. The number of carboxylic acid groups (broad SMARTS) is 1. The summed E-state index contributed by atoms with van der Waals surface area (Å²) in [5.74, 6) is -0.858. The normalized spacial score (nSPS) is 14.6. The Morgan fingerprint density at radius 3 is 3.18 bits per heavy atom. The van der Waals surface area contributed by atoms with Gasteiger partial charge in [0.05, 0.1) is 12.1 Å². The van der Waals surface area contributed by atoms with Crippen molar-refractivity contribution in [3.8, 4) is 0 Å². The molecule has 8 heteroatoms. The molecule has 0 amide bonds. The van der Waals surface area contributed by atoms with Crippen LogP contribution in [-0.4, -0.2) is 44.9 Å². The minimum atomic E-state index is -0.858. The number of aliphatic carboxylic acids is 1. The van der Waals surface area contributed by atoms with E-state index in [0.29, 0.717) is 5.69 Å². The predicted octanol–water partition coefficient (Wildman–Crippen LogP) is 1.32. The lowest BCUT2D eigenvalue weighted by atomic mass is 10.3. The summed E-state index contributed by atoms with van der Waals surface area (Å²) in [5.41, 5.74) is 0.598. The van der Waals surface area contributed by atoms with Gasteiger partial charge in [-0.15, -0.1) is 11.3 Å². The second-order valence-electron chi connectivity index (χ2n) is 3.40. The summed E-state index contributed by atoms with van der Waals surface area (Å²) in [7, 11) is 0. The molecule has 0 spiro atoms. The minimum absolute atomic E-state index is 0.0264. The van der Waals surface area contributed by atoms with Crippen LogP contribution in [0.3, 0.4) is 0 Å². The predicted molar refractivity (Wildman–Crippen MR) is 66.9 cm³/mol. The Morgan fingerprint density at radius 2 is 2.53 bits per heavy atom. The number of carbonyl (C=O) groups is 1. The Bertz CT molecular complexity index is 434. The summed E-state index contributed by atoms with van der Waals surface area (Å²) in [6.07, 6.45) is 1.76. The van der Waals surface area contributed by atoms with E-state index in [1.54, 1.807) is 11.7 Å². The Kier molecular flexibility index (Phi) is 3.85. The average molecular weight is 272 g/mol. The third-order valence-electron chi connectivity index (χ3n) is 2.10. The van der Waals surface area contributed by atoms with Crippen LogP contribution >= 0.6 is 23.3 Å². The maximum absolute atomic E-state index is 10.5. The zero-order valence-electron chi connectivity index (χ0n) is 9.24. The lowest BCUT2D eigenvalue weighted by molar-refractivity contribution is -0.136. The van der Waals surface area contributed by atoms with E-state index in [2.05, 4.69) is 21.9 Å². The van der Waals surface area contributed by atoms with Gasteiger partial charge in [-0.1, -0.05) is 0 Å². The molecule has 0 saturated carbocycles. The van der Waals surface area contributed by atoms with Crippen LogP contribution in [0.4, 0.5) is 0 Å². The quantitative estimate of drug-likeness (QED) is 0.815. The van der Waals surface area contributed by atoms with E-state index in [9.17, 15) is 4.79 Å². The summed E-state index contributed by atoms with van der Waals surface area (Å²) in [6.45, 7) is 3.71. The molecule has 1 N–H and O–H groups in total. The van der Waals surface area contributed by atoms with E-state index < -0.39 is 5.97 Å². The zero-order chi connectivity index (χ0) is 12.3. The third kappa shape index (κ3) is 3.34. The molecular formula is C9H12N4O2S2. The number of hydrogen-bond donors (Lipinski definition) is 1. The van der Waals surface area contributed by atoms with Gasteiger partial charge in [0.15, 0.2) is 4.34 Å². The van der Waals surface area contributed by atoms with Crippen LogP contribution in [0, 0.1) is 0 Å². The summed E-state index contributed by atoms with van der Waals surface area (Å²) >= 11 is 2.87. The number of hydrogen-bond acceptors (Lipinski definition) is 7. The molecular weight excluding hydrogens is 260 g/mol. The van der Waals surface area contributed by atoms with E-state index in [0.717, 1.165) is 17.6 Å². The van der Waals surface area contributed by atoms with Gasteiger partial charge in [0, 0.05) is 23.9 Å². The Balaban J connectivity index is 1.89. The van der Waals surface area contributed by atoms with Crippen LogP contribution < -0.4 is 0 Å². The fraction of sp³-hybridized carbons (Fsp3) is 0.444. The van der Waals surface area contributed by atoms with Gasteiger partial charge in [0.25, 0.3) is 0 Å². The van der Waals surface area contributed by atoms with Crippen LogP contribution in [0.5, 0.6) is 0 Å². The Hall–Kier alpha value is -1.28. The molecule has 0 unspecified atom stereocenters. The number of carboxylic acids is 1. The first-order valence-electron chi connectivity index (χ1n) is 5.07. The van der Waals surface area contributed by atoms with Crippen molar-refractivity contribution in [2.24, 2.45) is 5.10 Å². The molecule has 1 aliphatic rings. The van der Waals surface area contributed by atoms with Crippen LogP contribution in [-0.2, 0) is 11.2 Å². The lowest BCUT2D eigenvalue weighted by Gasteiger charge is -2.14. The van der Waals surface area contributed by atoms with Gasteiger partial charge in [-0.05, 0) is 6.92 Å². The van der Waals surface area contributed by atoms with E-state index in [-0.39, 0.29) is 6.42 Å². The lowest BCUT2D eigenvalue weighted by Crippen LogP contribution is -2.22. The highest BCUT2D eigenvalue weighted by atomic mass is 32.2. The highest BCUT2D eigenvalue weighted by Gasteiger charge is 2.15. The van der Waals surface area contributed by atoms with Crippen LogP contribution in [0.15, 0.2) is 14.8 Å². The molecule has 2 heterocycles. The summed E-state index contributed by atoms with van der Waals surface area (Å²) in [4.78, 5) is 16.8. The van der Waals surface area contributed by atoms with Gasteiger partial charge in [-0.25, -0.2) is 9.40 Å². The second kappa shape index (κ2) is 5.37. The first-order chi connectivity index (χ1) is 8.17. The van der Waals surface area contributed by atoms with Crippen molar-refractivity contribution in [2.45, 2.75) is 17.7 Å². The van der Waals surface area contributed by atoms with Gasteiger partial charge in [0.2, 0.25) is 0 Å². The number of rotatable bonds is 5. The first-order valence-corrected chi connectivity index (χ1v) is 6.72. The SMILES string of the molecule is CCN1C=NN(Sc2nc(CC(=O)O)cs2)C1. The standard InChI is InChI=1S/C9H12N4O2S2/c1-2-12-5-10-13(6-12)17-9-11-7(4-16-9)3-8(14)15/h4-5H,2-3,6H2,1H3,(H,14,15). The second-order valence-corrected chi connectivity index (χ2v) is 5.50. The largest absolute Gasteiger partial charge is 0.481 e. The van der Waals surface area contributed by atoms with E-state index in [1.165, 1.54) is 23.3 Å². The van der Waals surface area contributed by atoms with Gasteiger partial charge in [-0.3, -0.25) is 4.79 Å². The molecule has 0 aliphatic carbocycles. The van der Waals surface area contributed by atoms with Crippen molar-refractivity contribution < 1.29 is 9.90 Å². The van der Waals surface area contributed by atoms with E-state index >= 15 is 0 Å². The summed E-state index contributed by atoms with van der Waals surface area (Å²) in [6, 6.07) is 0. The highest BCUT2D eigenvalue weighted by molar-refractivity contribution is 7.98. The highest BCUT2D eigenvalue weighted by Crippen LogP contribution is 2.28. The average Bonchev–Trinajstić information content (AvgIpc) is 2.88. The van der Waals surface area contributed by atoms with Crippen LogP contribution in [0.1, 0.15) is 12.6 Å². The Morgan fingerprint density at radius 1 is 1.71 bits per heavy atom. The minimum Gasteiger partial charge on any atom is -0.481 e. The number of thiazole rings is 1. The van der Waals surface area contributed by atoms with Gasteiger partial charge in [0.1, 0.15) is 13.0 Å². The fourth-order valence-corrected chi connectivity index (χ4v) is 3.00. The summed E-state index contributed by atoms with van der Waals surface area (Å²) < 4.78 is 2.64. The van der Waals surface area contributed by atoms with Crippen molar-refractivity contribution in [1.29, 1.82) is 0 Å². The van der Waals surface area contributed by atoms with E-state index in [1.807, 2.05) is 4.41 Å². The smallest absolute Gasteiger partial charge is 0.309 e. The molecule has 17 heavy (non-hydrogen) atoms. The van der Waals surface area contributed by atoms with Crippen molar-refractivity contribution in [3.05, 3.63) is 11.1 Å². The monoisotopic (exact) mass is 272 g/mol. The third-order valence-corrected chi connectivity index (χ3v) is 3.96. The molecule has 1 aromatic heterocycles. The van der Waals surface area contributed by atoms with Crippen LogP contribution in [0.2, 0.25) is 0 Å². The molecule has 6 nitrogen and oxygen atoms in total. The van der Waals surface area contributed by atoms with Crippen molar-refractivity contribution in [2.75, 3.05) is 13.2 Å². The first kappa shape index (κ1) is 12.2. The fourth-order valence-electron chi connectivity index (χ4n) is 1.25. The molecule has 0 atom stereocenters. The molecule has 0 fully saturated rings. The topological polar surface area (TPSA) is 69.0 Å². The van der Waals surface area contributed by atoms with Crippen molar-refractivity contribution >= 4 is 35.6 Å². The van der Waals surface area contributed by atoms with Crippen molar-refractivity contribution in [1.82, 2.24) is 14.3 Å². The molecule has 0 aromatic carbocycles. The zero-order valence-corrected chi connectivity index (χ0v) is 10.9. The maximum atomic E-state index is 10.5. The maximum Gasteiger partial charge on any atom is 0.309 e. The molecule has 0 saturated heterocycles. The molecule has 92 valence electrons.